The van der Waals surface area contributed by atoms with Crippen LogP contribution in [-0.4, -0.2) is 29.4 Å². The largest absolute Gasteiger partial charge is 0.478 e. The van der Waals surface area contributed by atoms with Gasteiger partial charge in [-0.25, -0.2) is 0 Å². The van der Waals surface area contributed by atoms with E-state index in [0.29, 0.717) is 11.4 Å². The smallest absolute Gasteiger partial charge is 0.273 e. The summed E-state index contributed by atoms with van der Waals surface area (Å²) < 4.78 is 5.71. The average molecular weight is 383 g/mol. The fourth-order valence-electron chi connectivity index (χ4n) is 2.96. The Kier molecular flexibility index (Phi) is 5.30. The number of nitro groups is 1. The number of ether oxygens (including phenoxy) is 1. The van der Waals surface area contributed by atoms with E-state index in [9.17, 15) is 19.7 Å². The summed E-state index contributed by atoms with van der Waals surface area (Å²) in [5.74, 6) is -0.667. The summed E-state index contributed by atoms with van der Waals surface area (Å²) in [5.41, 5.74) is 1.89. The van der Waals surface area contributed by atoms with Crippen LogP contribution in [0.15, 0.2) is 42.5 Å². The number of anilines is 2. The zero-order valence-electron chi connectivity index (χ0n) is 15.8. The van der Waals surface area contributed by atoms with Crippen molar-refractivity contribution in [3.05, 3.63) is 58.1 Å². The zero-order valence-corrected chi connectivity index (χ0v) is 15.8. The van der Waals surface area contributed by atoms with Gasteiger partial charge in [-0.05, 0) is 31.0 Å². The highest BCUT2D eigenvalue weighted by atomic mass is 16.6. The maximum atomic E-state index is 12.9. The number of hydrogen-bond donors (Lipinski definition) is 1. The lowest BCUT2D eigenvalue weighted by Gasteiger charge is -2.35. The van der Waals surface area contributed by atoms with Crippen LogP contribution in [0.1, 0.15) is 19.4 Å². The van der Waals surface area contributed by atoms with Gasteiger partial charge in [0.15, 0.2) is 11.9 Å². The highest BCUT2D eigenvalue weighted by Crippen LogP contribution is 2.38. The molecule has 3 rings (SSSR count). The number of nitrogens with zero attached hydrogens (tertiary/aromatic N) is 2. The third-order valence-electron chi connectivity index (χ3n) is 4.45. The summed E-state index contributed by atoms with van der Waals surface area (Å²) in [6.45, 7) is 5.36. The molecule has 1 aliphatic rings. The Bertz CT molecular complexity index is 924. The van der Waals surface area contributed by atoms with E-state index in [0.717, 1.165) is 5.56 Å². The van der Waals surface area contributed by atoms with Crippen molar-refractivity contribution in [3.8, 4) is 5.75 Å². The summed E-state index contributed by atoms with van der Waals surface area (Å²) >= 11 is 0. The molecule has 8 heteroatoms. The number of nitrogens with one attached hydrogen (secondary N) is 1. The van der Waals surface area contributed by atoms with Gasteiger partial charge in [-0.1, -0.05) is 31.5 Å². The van der Waals surface area contributed by atoms with Gasteiger partial charge < -0.3 is 10.1 Å². The number of rotatable bonds is 5. The van der Waals surface area contributed by atoms with E-state index in [-0.39, 0.29) is 35.7 Å². The second kappa shape index (κ2) is 7.67. The number of aryl methyl sites for hydroxylation is 1. The SMILES string of the molecule is Cc1ccc(NC(=O)CN2C(=O)C(C(C)C)Oc3cc([N+](=O)[O-])ccc32)cc1. The van der Waals surface area contributed by atoms with Gasteiger partial charge in [-0.15, -0.1) is 0 Å². The van der Waals surface area contributed by atoms with E-state index in [1.165, 1.54) is 23.1 Å². The van der Waals surface area contributed by atoms with Crippen molar-refractivity contribution in [3.63, 3.8) is 0 Å². The summed E-state index contributed by atoms with van der Waals surface area (Å²) in [6.07, 6.45) is -0.818. The Hall–Kier alpha value is -3.42. The van der Waals surface area contributed by atoms with Gasteiger partial charge in [0, 0.05) is 11.8 Å². The summed E-state index contributed by atoms with van der Waals surface area (Å²) in [6, 6.07) is 11.3. The molecule has 1 atom stereocenters. The molecule has 2 amide bonds. The summed E-state index contributed by atoms with van der Waals surface area (Å²) in [4.78, 5) is 37.2. The van der Waals surface area contributed by atoms with Crippen molar-refractivity contribution in [2.24, 2.45) is 5.92 Å². The van der Waals surface area contributed by atoms with Crippen LogP contribution in [0, 0.1) is 23.0 Å². The summed E-state index contributed by atoms with van der Waals surface area (Å²) in [7, 11) is 0. The first-order valence-electron chi connectivity index (χ1n) is 8.89. The third kappa shape index (κ3) is 3.95. The van der Waals surface area contributed by atoms with Crippen LogP contribution >= 0.6 is 0 Å². The van der Waals surface area contributed by atoms with Gasteiger partial charge in [0.25, 0.3) is 11.6 Å². The van der Waals surface area contributed by atoms with E-state index in [1.54, 1.807) is 12.1 Å². The molecule has 0 bridgehead atoms. The van der Waals surface area contributed by atoms with E-state index < -0.39 is 11.0 Å². The lowest BCUT2D eigenvalue weighted by atomic mass is 10.0. The number of benzene rings is 2. The minimum absolute atomic E-state index is 0.139. The molecule has 28 heavy (non-hydrogen) atoms. The number of carbonyl (C=O) groups is 2. The quantitative estimate of drug-likeness (QED) is 0.630. The van der Waals surface area contributed by atoms with Gasteiger partial charge in [-0.3, -0.25) is 24.6 Å². The Labute approximate surface area is 162 Å². The zero-order chi connectivity index (χ0) is 20.4. The van der Waals surface area contributed by atoms with Crippen molar-refractivity contribution in [1.82, 2.24) is 0 Å². The van der Waals surface area contributed by atoms with Crippen LogP contribution < -0.4 is 15.0 Å². The van der Waals surface area contributed by atoms with Gasteiger partial charge >= 0.3 is 0 Å². The molecule has 146 valence electrons. The van der Waals surface area contributed by atoms with E-state index >= 15 is 0 Å². The number of nitro benzene ring substituents is 1. The second-order valence-corrected chi connectivity index (χ2v) is 7.03. The number of non-ortho nitro benzene ring substituents is 1. The molecule has 0 saturated heterocycles. The van der Waals surface area contributed by atoms with Crippen LogP contribution in [0.5, 0.6) is 5.75 Å². The van der Waals surface area contributed by atoms with E-state index in [1.807, 2.05) is 32.9 Å². The van der Waals surface area contributed by atoms with Gasteiger partial charge in [0.2, 0.25) is 5.91 Å². The lowest BCUT2D eigenvalue weighted by molar-refractivity contribution is -0.384. The number of hydrogen-bond acceptors (Lipinski definition) is 5. The van der Waals surface area contributed by atoms with Crippen LogP contribution in [0.3, 0.4) is 0 Å². The molecule has 1 aliphatic heterocycles. The van der Waals surface area contributed by atoms with Crippen LogP contribution in [-0.2, 0) is 9.59 Å². The maximum Gasteiger partial charge on any atom is 0.273 e. The molecule has 0 radical (unpaired) electrons. The summed E-state index contributed by atoms with van der Waals surface area (Å²) in [5, 5.41) is 13.8. The molecule has 8 nitrogen and oxygen atoms in total. The maximum absolute atomic E-state index is 12.9. The number of carbonyl (C=O) groups excluding carboxylic acids is 2. The Morgan fingerprint density at radius 3 is 2.54 bits per heavy atom. The van der Waals surface area contributed by atoms with Crippen LogP contribution in [0.4, 0.5) is 17.1 Å². The average Bonchev–Trinajstić information content (AvgIpc) is 2.65. The van der Waals surface area contributed by atoms with Gasteiger partial charge in [-0.2, -0.15) is 0 Å². The monoisotopic (exact) mass is 383 g/mol. The molecule has 1 N–H and O–H groups in total. The van der Waals surface area contributed by atoms with Crippen LogP contribution in [0.2, 0.25) is 0 Å². The molecular weight excluding hydrogens is 362 g/mol. The minimum atomic E-state index is -0.818. The number of fused-ring (bicyclic) bond motifs is 1. The molecule has 0 aliphatic carbocycles. The second-order valence-electron chi connectivity index (χ2n) is 7.03. The van der Waals surface area contributed by atoms with Crippen molar-refractivity contribution < 1.29 is 19.2 Å². The molecule has 0 saturated carbocycles. The lowest BCUT2D eigenvalue weighted by Crippen LogP contribution is -2.50. The van der Waals surface area contributed by atoms with Crippen molar-refractivity contribution in [2.45, 2.75) is 26.9 Å². The Balaban J connectivity index is 1.87. The Morgan fingerprint density at radius 2 is 1.93 bits per heavy atom. The molecular formula is C20H21N3O5. The molecule has 2 aromatic rings. The van der Waals surface area contributed by atoms with Gasteiger partial charge in [0.05, 0.1) is 16.7 Å². The fourth-order valence-corrected chi connectivity index (χ4v) is 2.96. The standard InChI is InChI=1S/C20H21N3O5/c1-12(2)19-20(25)22(11-18(24)21-14-6-4-13(3)5-7-14)16-9-8-15(23(26)27)10-17(16)28-19/h4-10,12,19H,11H2,1-3H3,(H,21,24). The highest BCUT2D eigenvalue weighted by Gasteiger charge is 2.38. The predicted molar refractivity (Wildman–Crippen MR) is 105 cm³/mol. The first-order chi connectivity index (χ1) is 13.3. The first-order valence-corrected chi connectivity index (χ1v) is 8.89. The molecule has 0 spiro atoms. The topological polar surface area (TPSA) is 102 Å². The third-order valence-corrected chi connectivity index (χ3v) is 4.45. The highest BCUT2D eigenvalue weighted by molar-refractivity contribution is 6.06. The normalized spacial score (nSPS) is 15.8. The van der Waals surface area contributed by atoms with Crippen LogP contribution in [0.25, 0.3) is 0 Å². The molecule has 2 aromatic carbocycles. The van der Waals surface area contributed by atoms with Crippen molar-refractivity contribution >= 4 is 28.9 Å². The van der Waals surface area contributed by atoms with Crippen molar-refractivity contribution in [1.29, 1.82) is 0 Å². The number of amides is 2. The van der Waals surface area contributed by atoms with Crippen molar-refractivity contribution in [2.75, 3.05) is 16.8 Å². The van der Waals surface area contributed by atoms with Gasteiger partial charge in [0.1, 0.15) is 6.54 Å². The van der Waals surface area contributed by atoms with E-state index in [2.05, 4.69) is 5.32 Å². The fraction of sp³-hybridized carbons (Fsp3) is 0.300. The van der Waals surface area contributed by atoms with E-state index in [4.69, 9.17) is 4.74 Å². The molecule has 1 heterocycles. The molecule has 0 fully saturated rings. The Morgan fingerprint density at radius 1 is 1.25 bits per heavy atom. The minimum Gasteiger partial charge on any atom is -0.478 e. The molecule has 1 unspecified atom stereocenters. The predicted octanol–water partition coefficient (Wildman–Crippen LogP) is 3.29. The molecule has 0 aromatic heterocycles. The first kappa shape index (κ1) is 19.3.